The van der Waals surface area contributed by atoms with Gasteiger partial charge in [0.1, 0.15) is 10.8 Å². The Balaban J connectivity index is 1.47. The lowest BCUT2D eigenvalue weighted by molar-refractivity contribution is -0.117. The Labute approximate surface area is 188 Å². The van der Waals surface area contributed by atoms with Crippen molar-refractivity contribution in [3.05, 3.63) is 58.6 Å². The van der Waals surface area contributed by atoms with E-state index in [0.717, 1.165) is 21.2 Å². The Bertz CT molecular complexity index is 1130. The largest absolute Gasteiger partial charge is 0.496 e. The summed E-state index contributed by atoms with van der Waals surface area (Å²) in [6.45, 7) is 2.55. The Morgan fingerprint density at radius 2 is 2.06 bits per heavy atom. The first kappa shape index (κ1) is 21.3. The van der Waals surface area contributed by atoms with Crippen LogP contribution >= 0.6 is 23.1 Å². The summed E-state index contributed by atoms with van der Waals surface area (Å²) in [5.41, 5.74) is 2.41. The molecule has 2 amide bonds. The van der Waals surface area contributed by atoms with Crippen molar-refractivity contribution in [2.24, 2.45) is 0 Å². The van der Waals surface area contributed by atoms with Crippen LogP contribution in [0.4, 0.5) is 10.8 Å². The standard InChI is InChI=1S/C22H22N4O3S2/c1-13-6-4-5-7-17(13)26-12-14(10-19(26)27)21-24-25-22(31-21)23-20(28)16-9-8-15(30-3)11-18(16)29-2/h4-9,11,14H,10,12H2,1-3H3,(H,23,25,28)/t14-/m0/s1. The molecule has 3 aromatic rings. The smallest absolute Gasteiger partial charge is 0.261 e. The molecular weight excluding hydrogens is 432 g/mol. The highest BCUT2D eigenvalue weighted by molar-refractivity contribution is 7.98. The van der Waals surface area contributed by atoms with Gasteiger partial charge >= 0.3 is 0 Å². The van der Waals surface area contributed by atoms with Gasteiger partial charge < -0.3 is 9.64 Å². The summed E-state index contributed by atoms with van der Waals surface area (Å²) in [5.74, 6) is 0.213. The number of methoxy groups -OCH3 is 1. The van der Waals surface area contributed by atoms with E-state index in [4.69, 9.17) is 4.74 Å². The molecule has 1 atom stereocenters. The van der Waals surface area contributed by atoms with Crippen molar-refractivity contribution in [2.45, 2.75) is 24.2 Å². The number of nitrogens with zero attached hydrogens (tertiary/aromatic N) is 3. The van der Waals surface area contributed by atoms with Gasteiger partial charge in [-0.3, -0.25) is 14.9 Å². The summed E-state index contributed by atoms with van der Waals surface area (Å²) in [6.07, 6.45) is 2.34. The molecule has 1 aliphatic rings. The summed E-state index contributed by atoms with van der Waals surface area (Å²) >= 11 is 2.88. The molecule has 9 heteroatoms. The molecule has 0 aliphatic carbocycles. The number of hydrogen-bond acceptors (Lipinski definition) is 7. The van der Waals surface area contributed by atoms with Crippen molar-refractivity contribution >= 4 is 45.7 Å². The molecule has 7 nitrogen and oxygen atoms in total. The fourth-order valence-electron chi connectivity index (χ4n) is 3.57. The lowest BCUT2D eigenvalue weighted by Crippen LogP contribution is -2.25. The molecule has 2 heterocycles. The molecule has 160 valence electrons. The van der Waals surface area contributed by atoms with Crippen molar-refractivity contribution in [1.29, 1.82) is 0 Å². The molecule has 0 radical (unpaired) electrons. The van der Waals surface area contributed by atoms with E-state index in [9.17, 15) is 9.59 Å². The normalized spacial score (nSPS) is 15.9. The van der Waals surface area contributed by atoms with Crippen molar-refractivity contribution in [2.75, 3.05) is 30.1 Å². The number of nitrogens with one attached hydrogen (secondary N) is 1. The summed E-state index contributed by atoms with van der Waals surface area (Å²) < 4.78 is 5.36. The number of benzene rings is 2. The second kappa shape index (κ2) is 9.07. The topological polar surface area (TPSA) is 84.4 Å². The number of carbonyl (C=O) groups excluding carboxylic acids is 2. The van der Waals surface area contributed by atoms with E-state index in [1.54, 1.807) is 22.7 Å². The maximum Gasteiger partial charge on any atom is 0.261 e. The van der Waals surface area contributed by atoms with Crippen LogP contribution in [0.15, 0.2) is 47.4 Å². The summed E-state index contributed by atoms with van der Waals surface area (Å²) in [7, 11) is 1.54. The molecule has 1 aromatic heterocycles. The van der Waals surface area contributed by atoms with Gasteiger partial charge in [-0.2, -0.15) is 0 Å². The van der Waals surface area contributed by atoms with Crippen LogP contribution in [-0.4, -0.2) is 41.9 Å². The number of thioether (sulfide) groups is 1. The number of carbonyl (C=O) groups is 2. The monoisotopic (exact) mass is 454 g/mol. The van der Waals surface area contributed by atoms with E-state index in [2.05, 4.69) is 15.5 Å². The predicted molar refractivity (Wildman–Crippen MR) is 124 cm³/mol. The van der Waals surface area contributed by atoms with E-state index in [0.29, 0.717) is 29.4 Å². The third-order valence-electron chi connectivity index (χ3n) is 5.19. The Kier molecular flexibility index (Phi) is 6.24. The summed E-state index contributed by atoms with van der Waals surface area (Å²) in [5, 5.41) is 12.3. The van der Waals surface area contributed by atoms with Crippen LogP contribution in [0, 0.1) is 6.92 Å². The number of anilines is 2. The van der Waals surface area contributed by atoms with Crippen LogP contribution in [0.25, 0.3) is 0 Å². The van der Waals surface area contributed by atoms with Gasteiger partial charge in [0.05, 0.1) is 12.7 Å². The highest BCUT2D eigenvalue weighted by Crippen LogP contribution is 2.35. The second-order valence-electron chi connectivity index (χ2n) is 7.16. The van der Waals surface area contributed by atoms with Gasteiger partial charge in [-0.05, 0) is 43.0 Å². The average Bonchev–Trinajstić information content (AvgIpc) is 3.40. The SMILES string of the molecule is COc1cc(SC)ccc1C(=O)Nc1nnc([C@H]2CC(=O)N(c3ccccc3C)C2)s1. The lowest BCUT2D eigenvalue weighted by Gasteiger charge is -2.18. The van der Waals surface area contributed by atoms with Crippen LogP contribution in [0.1, 0.15) is 33.3 Å². The van der Waals surface area contributed by atoms with Crippen molar-refractivity contribution in [1.82, 2.24) is 10.2 Å². The zero-order valence-corrected chi connectivity index (χ0v) is 19.0. The molecule has 1 fully saturated rings. The van der Waals surface area contributed by atoms with Crippen LogP contribution in [0.5, 0.6) is 5.75 Å². The first-order valence-corrected chi connectivity index (χ1v) is 11.8. The lowest BCUT2D eigenvalue weighted by atomic mass is 10.1. The molecule has 1 N–H and O–H groups in total. The Hall–Kier alpha value is -2.91. The summed E-state index contributed by atoms with van der Waals surface area (Å²) in [6, 6.07) is 13.3. The molecule has 0 spiro atoms. The maximum atomic E-state index is 12.7. The van der Waals surface area contributed by atoms with Gasteiger partial charge in [-0.15, -0.1) is 22.0 Å². The number of rotatable bonds is 6. The maximum absolute atomic E-state index is 12.7. The summed E-state index contributed by atoms with van der Waals surface area (Å²) in [4.78, 5) is 28.1. The molecule has 31 heavy (non-hydrogen) atoms. The van der Waals surface area contributed by atoms with E-state index < -0.39 is 0 Å². The quantitative estimate of drug-likeness (QED) is 0.558. The minimum absolute atomic E-state index is 0.0503. The van der Waals surface area contributed by atoms with Gasteiger partial charge in [0.15, 0.2) is 0 Å². The fraction of sp³-hybridized carbons (Fsp3) is 0.273. The van der Waals surface area contributed by atoms with Crippen LogP contribution in [0.3, 0.4) is 0 Å². The molecule has 0 saturated carbocycles. The van der Waals surface area contributed by atoms with Crippen LogP contribution in [-0.2, 0) is 4.79 Å². The third kappa shape index (κ3) is 4.42. The van der Waals surface area contributed by atoms with Crippen LogP contribution in [0.2, 0.25) is 0 Å². The third-order valence-corrected chi connectivity index (χ3v) is 6.92. The minimum atomic E-state index is -0.309. The average molecular weight is 455 g/mol. The Morgan fingerprint density at radius 3 is 2.81 bits per heavy atom. The molecular formula is C22H22N4O3S2. The number of aromatic nitrogens is 2. The fourth-order valence-corrected chi connectivity index (χ4v) is 4.83. The molecule has 2 aromatic carbocycles. The number of para-hydroxylation sites is 1. The van der Waals surface area contributed by atoms with Gasteiger partial charge in [0.2, 0.25) is 11.0 Å². The Morgan fingerprint density at radius 1 is 1.26 bits per heavy atom. The van der Waals surface area contributed by atoms with E-state index in [1.165, 1.54) is 18.4 Å². The van der Waals surface area contributed by atoms with Gasteiger partial charge in [-0.1, -0.05) is 29.5 Å². The van der Waals surface area contributed by atoms with Crippen molar-refractivity contribution in [3.8, 4) is 5.75 Å². The number of aryl methyl sites for hydroxylation is 1. The second-order valence-corrected chi connectivity index (χ2v) is 9.05. The van der Waals surface area contributed by atoms with E-state index in [-0.39, 0.29) is 17.7 Å². The van der Waals surface area contributed by atoms with Gasteiger partial charge in [-0.25, -0.2) is 0 Å². The number of hydrogen-bond donors (Lipinski definition) is 1. The molecule has 0 bridgehead atoms. The predicted octanol–water partition coefficient (Wildman–Crippen LogP) is 4.35. The molecule has 1 aliphatic heterocycles. The molecule has 1 saturated heterocycles. The molecule has 4 rings (SSSR count). The number of amides is 2. The first-order chi connectivity index (χ1) is 15.0. The van der Waals surface area contributed by atoms with E-state index in [1.807, 2.05) is 49.6 Å². The zero-order valence-electron chi connectivity index (χ0n) is 17.4. The highest BCUT2D eigenvalue weighted by Gasteiger charge is 2.34. The minimum Gasteiger partial charge on any atom is -0.496 e. The zero-order chi connectivity index (χ0) is 22.0. The molecule has 0 unspecified atom stereocenters. The van der Waals surface area contributed by atoms with Gasteiger partial charge in [0.25, 0.3) is 5.91 Å². The highest BCUT2D eigenvalue weighted by atomic mass is 32.2. The van der Waals surface area contributed by atoms with Crippen molar-refractivity contribution in [3.63, 3.8) is 0 Å². The van der Waals surface area contributed by atoms with E-state index >= 15 is 0 Å². The van der Waals surface area contributed by atoms with Crippen molar-refractivity contribution < 1.29 is 14.3 Å². The number of ether oxygens (including phenoxy) is 1. The van der Waals surface area contributed by atoms with Crippen LogP contribution < -0.4 is 15.0 Å². The first-order valence-electron chi connectivity index (χ1n) is 9.73. The van der Waals surface area contributed by atoms with Gasteiger partial charge in [0, 0.05) is 29.5 Å².